The highest BCUT2D eigenvalue weighted by Gasteiger charge is 2.24. The molecule has 0 radical (unpaired) electrons. The van der Waals surface area contributed by atoms with Gasteiger partial charge in [-0.1, -0.05) is 0 Å². The molecule has 1 saturated carbocycles. The zero-order valence-corrected chi connectivity index (χ0v) is 9.94. The van der Waals surface area contributed by atoms with E-state index in [0.717, 1.165) is 17.4 Å². The SMILES string of the molecule is N#CC(CCn1cc(Br)cn1)NC1CC1. The Balaban J connectivity index is 1.77. The summed E-state index contributed by atoms with van der Waals surface area (Å²) < 4.78 is 2.83. The van der Waals surface area contributed by atoms with Crippen LogP contribution in [0.1, 0.15) is 19.3 Å². The van der Waals surface area contributed by atoms with Crippen LogP contribution in [-0.4, -0.2) is 21.9 Å². The molecule has 0 saturated heterocycles. The van der Waals surface area contributed by atoms with Crippen LogP contribution in [0.2, 0.25) is 0 Å². The molecule has 1 aliphatic rings. The highest BCUT2D eigenvalue weighted by molar-refractivity contribution is 9.10. The van der Waals surface area contributed by atoms with Gasteiger partial charge in [-0.3, -0.25) is 10.00 Å². The Morgan fingerprint density at radius 2 is 2.53 bits per heavy atom. The van der Waals surface area contributed by atoms with Gasteiger partial charge in [0.25, 0.3) is 0 Å². The van der Waals surface area contributed by atoms with Crippen molar-refractivity contribution in [2.24, 2.45) is 0 Å². The van der Waals surface area contributed by atoms with E-state index >= 15 is 0 Å². The predicted octanol–water partition coefficient (Wildman–Crippen LogP) is 1.68. The number of aromatic nitrogens is 2. The quantitative estimate of drug-likeness (QED) is 0.884. The summed E-state index contributed by atoms with van der Waals surface area (Å²) in [5.41, 5.74) is 0. The van der Waals surface area contributed by atoms with Gasteiger partial charge in [-0.25, -0.2) is 0 Å². The molecule has 15 heavy (non-hydrogen) atoms. The second kappa shape index (κ2) is 4.77. The van der Waals surface area contributed by atoms with Crippen LogP contribution in [0.5, 0.6) is 0 Å². The molecule has 0 amide bonds. The lowest BCUT2D eigenvalue weighted by molar-refractivity contribution is 0.491. The Kier molecular flexibility index (Phi) is 3.39. The molecule has 1 aliphatic carbocycles. The molecular weight excluding hydrogens is 256 g/mol. The number of nitrogens with zero attached hydrogens (tertiary/aromatic N) is 3. The third-order valence-electron chi connectivity index (χ3n) is 2.42. The van der Waals surface area contributed by atoms with Gasteiger partial charge in [0, 0.05) is 18.8 Å². The average molecular weight is 269 g/mol. The van der Waals surface area contributed by atoms with E-state index in [1.807, 2.05) is 10.9 Å². The van der Waals surface area contributed by atoms with Gasteiger partial charge < -0.3 is 0 Å². The number of rotatable bonds is 5. The molecule has 1 atom stereocenters. The monoisotopic (exact) mass is 268 g/mol. The second-order valence-electron chi connectivity index (χ2n) is 3.83. The first-order chi connectivity index (χ1) is 7.28. The molecule has 0 spiro atoms. The zero-order valence-electron chi connectivity index (χ0n) is 8.36. The zero-order chi connectivity index (χ0) is 10.7. The summed E-state index contributed by atoms with van der Waals surface area (Å²) in [5.74, 6) is 0. The van der Waals surface area contributed by atoms with E-state index in [-0.39, 0.29) is 6.04 Å². The van der Waals surface area contributed by atoms with Crippen molar-refractivity contribution < 1.29 is 0 Å². The Labute approximate surface area is 97.4 Å². The highest BCUT2D eigenvalue weighted by Crippen LogP contribution is 2.19. The normalized spacial score (nSPS) is 17.3. The third kappa shape index (κ3) is 3.33. The van der Waals surface area contributed by atoms with Crippen LogP contribution in [0.15, 0.2) is 16.9 Å². The van der Waals surface area contributed by atoms with E-state index in [1.165, 1.54) is 12.8 Å². The largest absolute Gasteiger partial charge is 0.299 e. The standard InChI is InChI=1S/C10H13BrN4/c11-8-6-13-15(7-8)4-3-10(5-12)14-9-1-2-9/h6-7,9-10,14H,1-4H2. The van der Waals surface area contributed by atoms with Gasteiger partial charge in [0.1, 0.15) is 0 Å². The van der Waals surface area contributed by atoms with E-state index in [4.69, 9.17) is 5.26 Å². The highest BCUT2D eigenvalue weighted by atomic mass is 79.9. The van der Waals surface area contributed by atoms with Gasteiger partial charge in [-0.05, 0) is 35.2 Å². The molecule has 2 rings (SSSR count). The van der Waals surface area contributed by atoms with E-state index in [0.29, 0.717) is 6.04 Å². The van der Waals surface area contributed by atoms with Gasteiger partial charge in [-0.15, -0.1) is 0 Å². The van der Waals surface area contributed by atoms with Gasteiger partial charge in [0.15, 0.2) is 0 Å². The van der Waals surface area contributed by atoms with E-state index < -0.39 is 0 Å². The van der Waals surface area contributed by atoms with Crippen molar-refractivity contribution in [2.75, 3.05) is 0 Å². The van der Waals surface area contributed by atoms with Crippen LogP contribution in [0, 0.1) is 11.3 Å². The number of hydrogen-bond donors (Lipinski definition) is 1. The number of hydrogen-bond acceptors (Lipinski definition) is 3. The van der Waals surface area contributed by atoms with E-state index in [2.05, 4.69) is 32.4 Å². The van der Waals surface area contributed by atoms with Crippen molar-refractivity contribution >= 4 is 15.9 Å². The van der Waals surface area contributed by atoms with Gasteiger partial charge in [0.05, 0.1) is 22.8 Å². The van der Waals surface area contributed by atoms with Gasteiger partial charge in [0.2, 0.25) is 0 Å². The minimum Gasteiger partial charge on any atom is -0.299 e. The number of aryl methyl sites for hydroxylation is 1. The summed E-state index contributed by atoms with van der Waals surface area (Å²) >= 11 is 3.34. The van der Waals surface area contributed by atoms with Crippen molar-refractivity contribution in [1.82, 2.24) is 15.1 Å². The molecule has 5 heteroatoms. The van der Waals surface area contributed by atoms with Crippen molar-refractivity contribution in [3.05, 3.63) is 16.9 Å². The Morgan fingerprint density at radius 1 is 1.73 bits per heavy atom. The summed E-state index contributed by atoms with van der Waals surface area (Å²) in [5, 5.41) is 16.4. The second-order valence-corrected chi connectivity index (χ2v) is 4.75. The van der Waals surface area contributed by atoms with Crippen LogP contribution in [0.3, 0.4) is 0 Å². The molecule has 1 N–H and O–H groups in total. The minimum absolute atomic E-state index is 0.0412. The Bertz CT molecular complexity index is 364. The van der Waals surface area contributed by atoms with Crippen molar-refractivity contribution in [1.29, 1.82) is 5.26 Å². The lowest BCUT2D eigenvalue weighted by Gasteiger charge is -2.10. The maximum absolute atomic E-state index is 8.93. The fraction of sp³-hybridized carbons (Fsp3) is 0.600. The lowest BCUT2D eigenvalue weighted by Crippen LogP contribution is -2.30. The Hall–Kier alpha value is -0.860. The number of halogens is 1. The molecule has 1 aromatic heterocycles. The number of nitriles is 1. The van der Waals surface area contributed by atoms with Crippen LogP contribution in [-0.2, 0) is 6.54 Å². The first kappa shape index (κ1) is 10.7. The maximum Gasteiger partial charge on any atom is 0.0972 e. The first-order valence-corrected chi connectivity index (χ1v) is 5.91. The molecule has 0 aliphatic heterocycles. The molecule has 1 fully saturated rings. The summed E-state index contributed by atoms with van der Waals surface area (Å²) in [6.07, 6.45) is 6.92. The average Bonchev–Trinajstić information content (AvgIpc) is 2.95. The van der Waals surface area contributed by atoms with Crippen LogP contribution in [0.4, 0.5) is 0 Å². The molecular formula is C10H13BrN4. The van der Waals surface area contributed by atoms with Gasteiger partial charge in [-0.2, -0.15) is 10.4 Å². The van der Waals surface area contributed by atoms with Crippen molar-refractivity contribution in [3.63, 3.8) is 0 Å². The summed E-state index contributed by atoms with van der Waals surface area (Å²) in [7, 11) is 0. The summed E-state index contributed by atoms with van der Waals surface area (Å²) in [6, 6.07) is 2.83. The first-order valence-electron chi connectivity index (χ1n) is 5.11. The van der Waals surface area contributed by atoms with E-state index in [1.54, 1.807) is 6.20 Å². The minimum atomic E-state index is -0.0412. The van der Waals surface area contributed by atoms with Crippen molar-refractivity contribution in [2.45, 2.75) is 37.9 Å². The van der Waals surface area contributed by atoms with Crippen LogP contribution in [0.25, 0.3) is 0 Å². The lowest BCUT2D eigenvalue weighted by atomic mass is 10.2. The van der Waals surface area contributed by atoms with Crippen LogP contribution >= 0.6 is 15.9 Å². The maximum atomic E-state index is 8.93. The predicted molar refractivity (Wildman–Crippen MR) is 60.1 cm³/mol. The smallest absolute Gasteiger partial charge is 0.0972 e. The molecule has 1 heterocycles. The molecule has 1 aromatic rings. The summed E-state index contributed by atoms with van der Waals surface area (Å²) in [6.45, 7) is 0.781. The molecule has 0 aromatic carbocycles. The van der Waals surface area contributed by atoms with E-state index in [9.17, 15) is 0 Å². The topological polar surface area (TPSA) is 53.6 Å². The Morgan fingerprint density at radius 3 is 3.07 bits per heavy atom. The molecule has 0 bridgehead atoms. The summed E-state index contributed by atoms with van der Waals surface area (Å²) in [4.78, 5) is 0. The molecule has 4 nitrogen and oxygen atoms in total. The molecule has 80 valence electrons. The fourth-order valence-electron chi connectivity index (χ4n) is 1.44. The van der Waals surface area contributed by atoms with Crippen molar-refractivity contribution in [3.8, 4) is 6.07 Å². The fourth-order valence-corrected chi connectivity index (χ4v) is 1.77. The number of nitrogens with one attached hydrogen (secondary N) is 1. The van der Waals surface area contributed by atoms with Crippen LogP contribution < -0.4 is 5.32 Å². The van der Waals surface area contributed by atoms with Gasteiger partial charge >= 0.3 is 0 Å². The third-order valence-corrected chi connectivity index (χ3v) is 2.83. The molecule has 1 unspecified atom stereocenters.